The summed E-state index contributed by atoms with van der Waals surface area (Å²) in [6, 6.07) is 14.6. The van der Waals surface area contributed by atoms with Gasteiger partial charge < -0.3 is 15.4 Å². The number of hydrogen-bond acceptors (Lipinski definition) is 3. The second-order valence-corrected chi connectivity index (χ2v) is 4.78. The lowest BCUT2D eigenvalue weighted by Crippen LogP contribution is -2.22. The van der Waals surface area contributed by atoms with E-state index >= 15 is 0 Å². The minimum Gasteiger partial charge on any atom is -0.492 e. The molecule has 0 saturated heterocycles. The number of para-hydroxylation sites is 2. The van der Waals surface area contributed by atoms with Gasteiger partial charge in [0, 0.05) is 10.7 Å². The van der Waals surface area contributed by atoms with E-state index in [9.17, 15) is 4.79 Å². The maximum absolute atomic E-state index is 12.0. The summed E-state index contributed by atoms with van der Waals surface area (Å²) in [6.07, 6.45) is 0. The minimum absolute atomic E-state index is 0.151. The van der Waals surface area contributed by atoms with Gasteiger partial charge in [0.25, 0.3) is 0 Å². The van der Waals surface area contributed by atoms with Crippen molar-refractivity contribution in [2.75, 3.05) is 23.8 Å². The van der Waals surface area contributed by atoms with Crippen LogP contribution < -0.4 is 15.4 Å². The van der Waals surface area contributed by atoms with Crippen LogP contribution in [0.1, 0.15) is 6.92 Å². The van der Waals surface area contributed by atoms with Crippen molar-refractivity contribution in [3.63, 3.8) is 0 Å². The zero-order valence-electron chi connectivity index (χ0n) is 11.7. The molecule has 0 saturated carbocycles. The number of benzene rings is 2. The molecule has 2 rings (SSSR count). The third-order valence-electron chi connectivity index (χ3n) is 2.74. The van der Waals surface area contributed by atoms with E-state index < -0.39 is 0 Å². The number of rotatable bonds is 6. The molecule has 0 fully saturated rings. The summed E-state index contributed by atoms with van der Waals surface area (Å²) in [5.74, 6) is 0.512. The van der Waals surface area contributed by atoms with Gasteiger partial charge in [-0.2, -0.15) is 0 Å². The molecule has 110 valence electrons. The molecule has 4 nitrogen and oxygen atoms in total. The summed E-state index contributed by atoms with van der Waals surface area (Å²) in [7, 11) is 0. The molecular weight excluding hydrogens is 288 g/mol. The fourth-order valence-corrected chi connectivity index (χ4v) is 2.02. The van der Waals surface area contributed by atoms with Crippen LogP contribution in [-0.4, -0.2) is 19.1 Å². The average Bonchev–Trinajstić information content (AvgIpc) is 2.48. The molecule has 0 radical (unpaired) electrons. The molecule has 2 N–H and O–H groups in total. The molecule has 0 aromatic heterocycles. The molecule has 21 heavy (non-hydrogen) atoms. The van der Waals surface area contributed by atoms with Gasteiger partial charge in [-0.15, -0.1) is 0 Å². The highest BCUT2D eigenvalue weighted by atomic mass is 35.5. The van der Waals surface area contributed by atoms with Crippen LogP contribution in [0.15, 0.2) is 48.5 Å². The quantitative estimate of drug-likeness (QED) is 0.853. The van der Waals surface area contributed by atoms with Crippen molar-refractivity contribution in [2.45, 2.75) is 6.92 Å². The van der Waals surface area contributed by atoms with Crippen LogP contribution in [0, 0.1) is 0 Å². The SMILES string of the molecule is CCOc1ccccc1NC(=O)CNc1cccc(Cl)c1. The molecule has 0 atom stereocenters. The summed E-state index contributed by atoms with van der Waals surface area (Å²) < 4.78 is 5.46. The summed E-state index contributed by atoms with van der Waals surface area (Å²) >= 11 is 5.89. The Hall–Kier alpha value is -2.20. The Morgan fingerprint density at radius 2 is 2.00 bits per heavy atom. The molecule has 0 aliphatic rings. The van der Waals surface area contributed by atoms with Gasteiger partial charge >= 0.3 is 0 Å². The van der Waals surface area contributed by atoms with Crippen LogP contribution in [0.2, 0.25) is 5.02 Å². The van der Waals surface area contributed by atoms with E-state index in [1.807, 2.05) is 43.3 Å². The lowest BCUT2D eigenvalue weighted by Gasteiger charge is -2.12. The topological polar surface area (TPSA) is 50.4 Å². The van der Waals surface area contributed by atoms with Crippen LogP contribution in [0.3, 0.4) is 0 Å². The standard InChI is InChI=1S/C16H17ClN2O2/c1-2-21-15-9-4-3-8-14(15)19-16(20)11-18-13-7-5-6-12(17)10-13/h3-10,18H,2,11H2,1H3,(H,19,20). The van der Waals surface area contributed by atoms with Gasteiger partial charge in [0.1, 0.15) is 5.75 Å². The fourth-order valence-electron chi connectivity index (χ4n) is 1.83. The summed E-state index contributed by atoms with van der Waals surface area (Å²) in [5.41, 5.74) is 1.47. The third-order valence-corrected chi connectivity index (χ3v) is 2.97. The molecule has 0 aliphatic carbocycles. The van der Waals surface area contributed by atoms with E-state index in [2.05, 4.69) is 10.6 Å². The number of ether oxygens (including phenoxy) is 1. The number of amides is 1. The Balaban J connectivity index is 1.93. The maximum Gasteiger partial charge on any atom is 0.243 e. The molecule has 0 spiro atoms. The molecule has 5 heteroatoms. The second-order valence-electron chi connectivity index (χ2n) is 4.34. The van der Waals surface area contributed by atoms with Gasteiger partial charge in [0.15, 0.2) is 0 Å². The van der Waals surface area contributed by atoms with Crippen LogP contribution >= 0.6 is 11.6 Å². The molecule has 1 amide bonds. The van der Waals surface area contributed by atoms with Gasteiger partial charge in [-0.05, 0) is 37.3 Å². The predicted octanol–water partition coefficient (Wildman–Crippen LogP) is 3.79. The highest BCUT2D eigenvalue weighted by Crippen LogP contribution is 2.23. The lowest BCUT2D eigenvalue weighted by molar-refractivity contribution is -0.114. The fraction of sp³-hybridized carbons (Fsp3) is 0.188. The van der Waals surface area contributed by atoms with Crippen molar-refractivity contribution < 1.29 is 9.53 Å². The van der Waals surface area contributed by atoms with E-state index in [1.54, 1.807) is 12.1 Å². The van der Waals surface area contributed by atoms with E-state index in [4.69, 9.17) is 16.3 Å². The normalized spacial score (nSPS) is 10.0. The number of halogens is 1. The van der Waals surface area contributed by atoms with Gasteiger partial charge in [-0.1, -0.05) is 29.8 Å². The van der Waals surface area contributed by atoms with Gasteiger partial charge in [-0.3, -0.25) is 4.79 Å². The van der Waals surface area contributed by atoms with Crippen LogP contribution in [0.25, 0.3) is 0 Å². The largest absolute Gasteiger partial charge is 0.492 e. The lowest BCUT2D eigenvalue weighted by atomic mass is 10.3. The summed E-state index contributed by atoms with van der Waals surface area (Å²) in [6.45, 7) is 2.60. The average molecular weight is 305 g/mol. The van der Waals surface area contributed by atoms with Crippen molar-refractivity contribution in [1.82, 2.24) is 0 Å². The first-order valence-corrected chi connectivity index (χ1v) is 7.08. The predicted molar refractivity (Wildman–Crippen MR) is 86.2 cm³/mol. The summed E-state index contributed by atoms with van der Waals surface area (Å²) in [5, 5.41) is 6.47. The highest BCUT2D eigenvalue weighted by molar-refractivity contribution is 6.30. The first-order chi connectivity index (χ1) is 10.2. The van der Waals surface area contributed by atoms with Crippen molar-refractivity contribution >= 4 is 28.9 Å². The Kier molecular flexibility index (Phi) is 5.46. The summed E-state index contributed by atoms with van der Waals surface area (Å²) in [4.78, 5) is 12.0. The van der Waals surface area contributed by atoms with E-state index in [0.29, 0.717) is 23.1 Å². The number of hydrogen-bond donors (Lipinski definition) is 2. The van der Waals surface area contributed by atoms with Crippen LogP contribution in [0.5, 0.6) is 5.75 Å². The van der Waals surface area contributed by atoms with Gasteiger partial charge in [-0.25, -0.2) is 0 Å². The van der Waals surface area contributed by atoms with Gasteiger partial charge in [0.05, 0.1) is 18.8 Å². The zero-order chi connectivity index (χ0) is 15.1. The Morgan fingerprint density at radius 3 is 2.76 bits per heavy atom. The highest BCUT2D eigenvalue weighted by Gasteiger charge is 2.07. The second kappa shape index (κ2) is 7.55. The Labute approximate surface area is 129 Å². The molecule has 0 unspecified atom stereocenters. The van der Waals surface area contributed by atoms with E-state index in [-0.39, 0.29) is 12.5 Å². The van der Waals surface area contributed by atoms with Crippen LogP contribution in [0.4, 0.5) is 11.4 Å². The molecule has 0 bridgehead atoms. The third kappa shape index (κ3) is 4.68. The number of carbonyl (C=O) groups is 1. The van der Waals surface area contributed by atoms with Gasteiger partial charge in [0.2, 0.25) is 5.91 Å². The minimum atomic E-state index is -0.151. The van der Waals surface area contributed by atoms with Crippen LogP contribution in [-0.2, 0) is 4.79 Å². The molecule has 2 aromatic carbocycles. The molecule has 0 aliphatic heterocycles. The van der Waals surface area contributed by atoms with Crippen molar-refractivity contribution in [2.24, 2.45) is 0 Å². The van der Waals surface area contributed by atoms with Crippen molar-refractivity contribution in [3.8, 4) is 5.75 Å². The number of carbonyl (C=O) groups excluding carboxylic acids is 1. The Bertz CT molecular complexity index is 617. The van der Waals surface area contributed by atoms with E-state index in [0.717, 1.165) is 5.69 Å². The first-order valence-electron chi connectivity index (χ1n) is 6.70. The zero-order valence-corrected chi connectivity index (χ0v) is 12.5. The molecular formula is C16H17ClN2O2. The van der Waals surface area contributed by atoms with E-state index in [1.165, 1.54) is 0 Å². The number of anilines is 2. The maximum atomic E-state index is 12.0. The molecule has 0 heterocycles. The number of nitrogens with one attached hydrogen (secondary N) is 2. The molecule has 2 aromatic rings. The van der Waals surface area contributed by atoms with Crippen molar-refractivity contribution in [1.29, 1.82) is 0 Å². The smallest absolute Gasteiger partial charge is 0.243 e. The first kappa shape index (κ1) is 15.2. The Morgan fingerprint density at radius 1 is 1.19 bits per heavy atom. The monoisotopic (exact) mass is 304 g/mol. The van der Waals surface area contributed by atoms with Crippen molar-refractivity contribution in [3.05, 3.63) is 53.6 Å².